The molecule has 0 radical (unpaired) electrons. The number of hydrogen-bond donors (Lipinski definition) is 2. The van der Waals surface area contributed by atoms with Crippen LogP contribution >= 0.6 is 0 Å². The zero-order chi connectivity index (χ0) is 9.64. The van der Waals surface area contributed by atoms with Gasteiger partial charge in [-0.2, -0.15) is 0 Å². The van der Waals surface area contributed by atoms with E-state index >= 15 is 0 Å². The van der Waals surface area contributed by atoms with Gasteiger partial charge in [0.15, 0.2) is 0 Å². The van der Waals surface area contributed by atoms with Crippen molar-refractivity contribution >= 4 is 11.9 Å². The molecule has 1 amide bonds. The summed E-state index contributed by atoms with van der Waals surface area (Å²) in [5.74, 6) is -0.633. The molecular weight excluding hydrogens is 170 g/mol. The first kappa shape index (κ1) is 8.53. The van der Waals surface area contributed by atoms with Gasteiger partial charge in [0, 0.05) is 12.0 Å². The molecule has 1 atom stereocenters. The minimum Gasteiger partial charge on any atom is -0.481 e. The van der Waals surface area contributed by atoms with Crippen molar-refractivity contribution in [2.45, 2.75) is 31.7 Å². The Balaban J connectivity index is 2.03. The smallest absolute Gasteiger partial charge is 0.306 e. The molecule has 4 heteroatoms. The van der Waals surface area contributed by atoms with Crippen LogP contribution in [0.3, 0.4) is 0 Å². The quantitative estimate of drug-likeness (QED) is 0.617. The zero-order valence-corrected chi connectivity index (χ0v) is 7.54. The maximum Gasteiger partial charge on any atom is 0.306 e. The molecule has 0 aromatic rings. The molecular formula is C9H13NO3. The molecule has 1 heterocycles. The second-order valence-corrected chi connectivity index (χ2v) is 4.25. The van der Waals surface area contributed by atoms with E-state index in [0.717, 1.165) is 0 Å². The lowest BCUT2D eigenvalue weighted by Gasteiger charge is -2.46. The normalized spacial score (nSPS) is 43.0. The minimum absolute atomic E-state index is 0.0661. The Labute approximate surface area is 76.3 Å². The first-order valence-corrected chi connectivity index (χ1v) is 4.57. The molecule has 13 heavy (non-hydrogen) atoms. The molecule has 72 valence electrons. The van der Waals surface area contributed by atoms with Gasteiger partial charge in [-0.15, -0.1) is 0 Å². The second kappa shape index (κ2) is 2.47. The predicted molar refractivity (Wildman–Crippen MR) is 45.0 cm³/mol. The third-order valence-corrected chi connectivity index (χ3v) is 3.39. The average molecular weight is 183 g/mol. The highest BCUT2D eigenvalue weighted by molar-refractivity contribution is 5.81. The summed E-state index contributed by atoms with van der Waals surface area (Å²) in [6.45, 7) is 2.01. The highest BCUT2D eigenvalue weighted by Crippen LogP contribution is 2.47. The number of amides is 1. The molecule has 2 rings (SSSR count). The van der Waals surface area contributed by atoms with Crippen LogP contribution in [-0.4, -0.2) is 22.5 Å². The van der Waals surface area contributed by atoms with Crippen LogP contribution in [0.5, 0.6) is 0 Å². The van der Waals surface area contributed by atoms with Crippen molar-refractivity contribution in [2.24, 2.45) is 11.8 Å². The number of hydrogen-bond acceptors (Lipinski definition) is 2. The van der Waals surface area contributed by atoms with Crippen LogP contribution < -0.4 is 5.32 Å². The molecule has 4 nitrogen and oxygen atoms in total. The Kier molecular flexibility index (Phi) is 1.62. The van der Waals surface area contributed by atoms with Crippen LogP contribution in [0.15, 0.2) is 0 Å². The maximum absolute atomic E-state index is 11.1. The molecule has 0 aromatic carbocycles. The standard InChI is InChI=1S/C9H13NO3/c1-5-2-7(11)10-9(5)3-6(4-9)8(12)13/h5-6H,2-4H2,1H3,(H,10,11)(H,12,13)/t5?,6-,9+. The molecule has 2 aliphatic rings. The molecule has 0 aromatic heterocycles. The number of carboxylic acid groups (broad SMARTS) is 1. The fraction of sp³-hybridized carbons (Fsp3) is 0.778. The number of carbonyl (C=O) groups excluding carboxylic acids is 1. The van der Waals surface area contributed by atoms with E-state index in [0.29, 0.717) is 19.3 Å². The van der Waals surface area contributed by atoms with Crippen LogP contribution in [0.1, 0.15) is 26.2 Å². The monoisotopic (exact) mass is 183 g/mol. The Hall–Kier alpha value is -1.06. The van der Waals surface area contributed by atoms with Crippen molar-refractivity contribution in [3.63, 3.8) is 0 Å². The number of nitrogens with one attached hydrogen (secondary N) is 1. The Morgan fingerprint density at radius 2 is 2.23 bits per heavy atom. The third-order valence-electron chi connectivity index (χ3n) is 3.39. The van der Waals surface area contributed by atoms with Crippen molar-refractivity contribution < 1.29 is 14.7 Å². The predicted octanol–water partition coefficient (Wildman–Crippen LogP) is 0.376. The average Bonchev–Trinajstić information content (AvgIpc) is 2.21. The van der Waals surface area contributed by atoms with E-state index in [-0.39, 0.29) is 23.3 Å². The zero-order valence-electron chi connectivity index (χ0n) is 7.54. The van der Waals surface area contributed by atoms with E-state index in [1.807, 2.05) is 6.92 Å². The SMILES string of the molecule is CC1CC(=O)N[C@]12C[C@@H](C(=O)O)C2. The fourth-order valence-corrected chi connectivity index (χ4v) is 2.42. The van der Waals surface area contributed by atoms with Crippen LogP contribution in [0, 0.1) is 11.8 Å². The number of carbonyl (C=O) groups is 2. The lowest BCUT2D eigenvalue weighted by Crippen LogP contribution is -2.57. The summed E-state index contributed by atoms with van der Waals surface area (Å²) in [6.07, 6.45) is 1.76. The van der Waals surface area contributed by atoms with Gasteiger partial charge in [0.05, 0.1) is 5.92 Å². The summed E-state index contributed by atoms with van der Waals surface area (Å²) < 4.78 is 0. The van der Waals surface area contributed by atoms with Gasteiger partial charge in [-0.3, -0.25) is 9.59 Å². The number of rotatable bonds is 1. The number of aliphatic carboxylic acids is 1. The van der Waals surface area contributed by atoms with E-state index in [4.69, 9.17) is 5.11 Å². The molecule has 1 aliphatic heterocycles. The highest BCUT2D eigenvalue weighted by atomic mass is 16.4. The van der Waals surface area contributed by atoms with E-state index in [9.17, 15) is 9.59 Å². The van der Waals surface area contributed by atoms with Gasteiger partial charge in [0.25, 0.3) is 0 Å². The van der Waals surface area contributed by atoms with Gasteiger partial charge < -0.3 is 10.4 Å². The molecule has 1 saturated carbocycles. The maximum atomic E-state index is 11.1. The first-order valence-electron chi connectivity index (χ1n) is 4.57. The summed E-state index contributed by atoms with van der Waals surface area (Å²) in [6, 6.07) is 0. The van der Waals surface area contributed by atoms with Crippen molar-refractivity contribution in [1.82, 2.24) is 5.32 Å². The largest absolute Gasteiger partial charge is 0.481 e. The molecule has 2 N–H and O–H groups in total. The van der Waals surface area contributed by atoms with Crippen LogP contribution in [0.4, 0.5) is 0 Å². The summed E-state index contributed by atoms with van der Waals surface area (Å²) in [5, 5.41) is 11.6. The molecule has 0 bridgehead atoms. The van der Waals surface area contributed by atoms with Crippen molar-refractivity contribution in [2.75, 3.05) is 0 Å². The van der Waals surface area contributed by atoms with Gasteiger partial charge >= 0.3 is 5.97 Å². The Bertz CT molecular complexity index is 268. The van der Waals surface area contributed by atoms with Gasteiger partial charge in [-0.1, -0.05) is 6.92 Å². The number of carboxylic acids is 1. The van der Waals surface area contributed by atoms with Crippen molar-refractivity contribution in [1.29, 1.82) is 0 Å². The van der Waals surface area contributed by atoms with E-state index in [1.54, 1.807) is 0 Å². The Morgan fingerprint density at radius 3 is 2.62 bits per heavy atom. The second-order valence-electron chi connectivity index (χ2n) is 4.25. The molecule has 1 unspecified atom stereocenters. The van der Waals surface area contributed by atoms with Crippen LogP contribution in [-0.2, 0) is 9.59 Å². The van der Waals surface area contributed by atoms with E-state index in [1.165, 1.54) is 0 Å². The minimum atomic E-state index is -0.737. The first-order chi connectivity index (χ1) is 6.03. The van der Waals surface area contributed by atoms with Gasteiger partial charge in [0.1, 0.15) is 0 Å². The van der Waals surface area contributed by atoms with E-state index < -0.39 is 5.97 Å². The van der Waals surface area contributed by atoms with E-state index in [2.05, 4.69) is 5.32 Å². The molecule has 1 spiro atoms. The van der Waals surface area contributed by atoms with Crippen molar-refractivity contribution in [3.05, 3.63) is 0 Å². The van der Waals surface area contributed by atoms with Gasteiger partial charge in [-0.25, -0.2) is 0 Å². The lowest BCUT2D eigenvalue weighted by molar-refractivity contribution is -0.148. The molecule has 2 fully saturated rings. The fourth-order valence-electron chi connectivity index (χ4n) is 2.42. The molecule has 1 aliphatic carbocycles. The summed E-state index contributed by atoms with van der Waals surface area (Å²) in [7, 11) is 0. The topological polar surface area (TPSA) is 66.4 Å². The molecule has 1 saturated heterocycles. The van der Waals surface area contributed by atoms with Gasteiger partial charge in [0.2, 0.25) is 5.91 Å². The van der Waals surface area contributed by atoms with Gasteiger partial charge in [-0.05, 0) is 18.8 Å². The summed E-state index contributed by atoms with van der Waals surface area (Å²) >= 11 is 0. The van der Waals surface area contributed by atoms with Crippen molar-refractivity contribution in [3.8, 4) is 0 Å². The Morgan fingerprint density at radius 1 is 1.62 bits per heavy atom. The van der Waals surface area contributed by atoms with Crippen LogP contribution in [0.2, 0.25) is 0 Å². The lowest BCUT2D eigenvalue weighted by atomic mass is 9.63. The van der Waals surface area contributed by atoms with Crippen LogP contribution in [0.25, 0.3) is 0 Å². The summed E-state index contributed by atoms with van der Waals surface area (Å²) in [5.41, 5.74) is -0.180. The third kappa shape index (κ3) is 1.12. The highest BCUT2D eigenvalue weighted by Gasteiger charge is 2.55. The summed E-state index contributed by atoms with van der Waals surface area (Å²) in [4.78, 5) is 21.7.